The van der Waals surface area contributed by atoms with E-state index >= 15 is 0 Å². The van der Waals surface area contributed by atoms with Crippen molar-refractivity contribution in [2.75, 3.05) is 30.3 Å². The Morgan fingerprint density at radius 1 is 1.61 bits per heavy atom. The first-order valence-electron chi connectivity index (χ1n) is 5.72. The van der Waals surface area contributed by atoms with Crippen molar-refractivity contribution in [3.8, 4) is 0 Å². The van der Waals surface area contributed by atoms with Crippen LogP contribution in [0.25, 0.3) is 0 Å². The molecule has 1 aromatic heterocycles. The van der Waals surface area contributed by atoms with Crippen molar-refractivity contribution < 1.29 is 9.84 Å². The van der Waals surface area contributed by atoms with E-state index in [1.807, 2.05) is 18.7 Å². The van der Waals surface area contributed by atoms with Gasteiger partial charge in [-0.15, -0.1) is 0 Å². The number of nitrogens with two attached hydrogens (primary N) is 1. The minimum Gasteiger partial charge on any atom is -0.394 e. The second-order valence-corrected chi connectivity index (χ2v) is 5.32. The Balaban J connectivity index is 2.29. The normalized spacial score (nSPS) is 23.1. The Labute approximate surface area is 111 Å². The minimum absolute atomic E-state index is 0.0430. The maximum atomic E-state index is 9.27. The third-order valence-corrected chi connectivity index (χ3v) is 3.10. The fourth-order valence-corrected chi connectivity index (χ4v) is 2.30. The molecule has 0 bridgehead atoms. The summed E-state index contributed by atoms with van der Waals surface area (Å²) in [6.07, 6.45) is 1.12. The Kier molecular flexibility index (Phi) is 3.61. The van der Waals surface area contributed by atoms with Gasteiger partial charge in [0.05, 0.1) is 18.3 Å². The van der Waals surface area contributed by atoms with Gasteiger partial charge < -0.3 is 20.5 Å². The second-order valence-electron chi connectivity index (χ2n) is 4.96. The number of aliphatic hydroxyl groups is 1. The molecule has 6 nitrogen and oxygen atoms in total. The monoisotopic (exact) mass is 272 g/mol. The molecular weight excluding hydrogens is 256 g/mol. The lowest BCUT2D eigenvalue weighted by atomic mass is 10.1. The van der Waals surface area contributed by atoms with E-state index in [0.29, 0.717) is 24.6 Å². The third-order valence-electron chi connectivity index (χ3n) is 2.80. The van der Waals surface area contributed by atoms with Gasteiger partial charge in [0.1, 0.15) is 12.0 Å². The summed E-state index contributed by atoms with van der Waals surface area (Å²) in [4.78, 5) is 9.96. The van der Waals surface area contributed by atoms with E-state index < -0.39 is 0 Å². The lowest BCUT2D eigenvalue weighted by Crippen LogP contribution is -2.54. The lowest BCUT2D eigenvalue weighted by molar-refractivity contribution is -0.101. The van der Waals surface area contributed by atoms with Crippen LogP contribution in [0, 0.1) is 0 Å². The van der Waals surface area contributed by atoms with E-state index in [1.54, 1.807) is 0 Å². The summed E-state index contributed by atoms with van der Waals surface area (Å²) in [5, 5.41) is 9.51. The van der Waals surface area contributed by atoms with Gasteiger partial charge in [0.2, 0.25) is 0 Å². The van der Waals surface area contributed by atoms with Crippen molar-refractivity contribution in [2.45, 2.75) is 25.6 Å². The number of aliphatic hydroxyl groups excluding tert-OH is 1. The smallest absolute Gasteiger partial charge is 0.157 e. The van der Waals surface area contributed by atoms with Crippen LogP contribution in [0.3, 0.4) is 0 Å². The van der Waals surface area contributed by atoms with Crippen molar-refractivity contribution in [1.29, 1.82) is 0 Å². The quantitative estimate of drug-likeness (QED) is 0.771. The number of nitrogens with zero attached hydrogens (tertiary/aromatic N) is 3. The molecule has 1 aromatic rings. The molecule has 1 aliphatic heterocycles. The highest BCUT2D eigenvalue weighted by molar-refractivity contribution is 6.32. The number of nitrogen functional groups attached to an aromatic ring is 1. The van der Waals surface area contributed by atoms with Crippen LogP contribution in [0.1, 0.15) is 13.8 Å². The molecule has 0 radical (unpaired) electrons. The van der Waals surface area contributed by atoms with Crippen LogP contribution in [0.2, 0.25) is 5.15 Å². The number of aromatic nitrogens is 2. The maximum Gasteiger partial charge on any atom is 0.157 e. The SMILES string of the molecule is CC1(C)CN(c2ncnc(Cl)c2N)CC(CO)O1. The van der Waals surface area contributed by atoms with Crippen LogP contribution in [0.15, 0.2) is 6.33 Å². The van der Waals surface area contributed by atoms with Crippen LogP contribution in [-0.4, -0.2) is 46.5 Å². The van der Waals surface area contributed by atoms with Crippen LogP contribution in [0.5, 0.6) is 0 Å². The lowest BCUT2D eigenvalue weighted by Gasteiger charge is -2.43. The molecule has 0 amide bonds. The highest BCUT2D eigenvalue weighted by atomic mass is 35.5. The standard InChI is InChI=1S/C11H17ClN4O2/c1-11(2)5-16(3-7(4-17)18-11)10-8(13)9(12)14-6-15-10/h6-7,17H,3-5,13H2,1-2H3. The van der Waals surface area contributed by atoms with Crippen molar-refractivity contribution >= 4 is 23.1 Å². The number of hydrogen-bond donors (Lipinski definition) is 2. The maximum absolute atomic E-state index is 9.27. The fourth-order valence-electron chi connectivity index (χ4n) is 2.17. The third kappa shape index (κ3) is 2.66. The van der Waals surface area contributed by atoms with Gasteiger partial charge in [0.25, 0.3) is 0 Å². The number of rotatable bonds is 2. The molecule has 7 heteroatoms. The average molecular weight is 273 g/mol. The molecular formula is C11H17ClN4O2. The molecule has 1 saturated heterocycles. The Bertz CT molecular complexity index is 441. The van der Waals surface area contributed by atoms with Gasteiger partial charge in [-0.1, -0.05) is 11.6 Å². The van der Waals surface area contributed by atoms with Crippen LogP contribution in [-0.2, 0) is 4.74 Å². The molecule has 1 atom stereocenters. The topological polar surface area (TPSA) is 84.5 Å². The Morgan fingerprint density at radius 3 is 3.00 bits per heavy atom. The highest BCUT2D eigenvalue weighted by Gasteiger charge is 2.34. The summed E-state index contributed by atoms with van der Waals surface area (Å²) >= 11 is 5.89. The summed E-state index contributed by atoms with van der Waals surface area (Å²) in [6.45, 7) is 5.03. The highest BCUT2D eigenvalue weighted by Crippen LogP contribution is 2.30. The summed E-state index contributed by atoms with van der Waals surface area (Å²) < 4.78 is 5.74. The molecule has 3 N–H and O–H groups in total. The van der Waals surface area contributed by atoms with Gasteiger partial charge >= 0.3 is 0 Å². The molecule has 2 heterocycles. The van der Waals surface area contributed by atoms with Gasteiger partial charge in [-0.05, 0) is 13.8 Å². The van der Waals surface area contributed by atoms with Gasteiger partial charge in [-0.25, -0.2) is 9.97 Å². The summed E-state index contributed by atoms with van der Waals surface area (Å²) in [6, 6.07) is 0. The van der Waals surface area contributed by atoms with E-state index in [1.165, 1.54) is 6.33 Å². The molecule has 0 spiro atoms. The molecule has 1 fully saturated rings. The average Bonchev–Trinajstić information content (AvgIpc) is 2.30. The Hall–Kier alpha value is -1.11. The van der Waals surface area contributed by atoms with Gasteiger partial charge in [0.15, 0.2) is 11.0 Å². The predicted octanol–water partition coefficient (Wildman–Crippen LogP) is 0.688. The van der Waals surface area contributed by atoms with E-state index in [-0.39, 0.29) is 23.5 Å². The van der Waals surface area contributed by atoms with Crippen LogP contribution < -0.4 is 10.6 Å². The largest absolute Gasteiger partial charge is 0.394 e. The molecule has 18 heavy (non-hydrogen) atoms. The van der Waals surface area contributed by atoms with E-state index in [2.05, 4.69) is 9.97 Å². The molecule has 0 aromatic carbocycles. The first-order chi connectivity index (χ1) is 8.43. The summed E-state index contributed by atoms with van der Waals surface area (Å²) in [7, 11) is 0. The van der Waals surface area contributed by atoms with Crippen molar-refractivity contribution in [3.63, 3.8) is 0 Å². The first-order valence-corrected chi connectivity index (χ1v) is 6.10. The zero-order chi connectivity index (χ0) is 13.3. The van der Waals surface area contributed by atoms with Gasteiger partial charge in [-0.2, -0.15) is 0 Å². The number of hydrogen-bond acceptors (Lipinski definition) is 6. The number of anilines is 2. The van der Waals surface area contributed by atoms with E-state index in [0.717, 1.165) is 0 Å². The molecule has 2 rings (SSSR count). The van der Waals surface area contributed by atoms with Gasteiger partial charge in [-0.3, -0.25) is 0 Å². The predicted molar refractivity (Wildman–Crippen MR) is 69.7 cm³/mol. The van der Waals surface area contributed by atoms with E-state index in [4.69, 9.17) is 22.1 Å². The minimum atomic E-state index is -0.379. The number of ether oxygens (including phenoxy) is 1. The first kappa shape index (κ1) is 13.3. The second kappa shape index (κ2) is 4.87. The fraction of sp³-hybridized carbons (Fsp3) is 0.636. The molecule has 0 saturated carbocycles. The Morgan fingerprint density at radius 2 is 2.33 bits per heavy atom. The van der Waals surface area contributed by atoms with Crippen molar-refractivity contribution in [2.24, 2.45) is 0 Å². The molecule has 1 aliphatic rings. The molecule has 0 aliphatic carbocycles. The zero-order valence-electron chi connectivity index (χ0n) is 10.4. The zero-order valence-corrected chi connectivity index (χ0v) is 11.2. The number of morpholine rings is 1. The van der Waals surface area contributed by atoms with Crippen LogP contribution >= 0.6 is 11.6 Å². The molecule has 1 unspecified atom stereocenters. The van der Waals surface area contributed by atoms with Crippen molar-refractivity contribution in [3.05, 3.63) is 11.5 Å². The summed E-state index contributed by atoms with van der Waals surface area (Å²) in [5.74, 6) is 0.588. The number of halogens is 1. The summed E-state index contributed by atoms with van der Waals surface area (Å²) in [5.41, 5.74) is 5.86. The van der Waals surface area contributed by atoms with Crippen LogP contribution in [0.4, 0.5) is 11.5 Å². The van der Waals surface area contributed by atoms with Gasteiger partial charge in [0, 0.05) is 13.1 Å². The van der Waals surface area contributed by atoms with Crippen molar-refractivity contribution in [1.82, 2.24) is 9.97 Å². The van der Waals surface area contributed by atoms with E-state index in [9.17, 15) is 5.11 Å². The molecule has 100 valence electrons.